The Morgan fingerprint density at radius 2 is 1.67 bits per heavy atom. The molecule has 1 saturated heterocycles. The van der Waals surface area contributed by atoms with Crippen LogP contribution in [0.3, 0.4) is 0 Å². The number of carbonyl (C=O) groups excluding carboxylic acids is 1. The fraction of sp³-hybridized carbons (Fsp3) is 0.381. The van der Waals surface area contributed by atoms with E-state index in [0.717, 1.165) is 25.9 Å². The highest BCUT2D eigenvalue weighted by molar-refractivity contribution is 7.89. The number of nitrogens with one attached hydrogen (secondary N) is 1. The second-order valence-corrected chi connectivity index (χ2v) is 8.75. The van der Waals surface area contributed by atoms with E-state index in [1.807, 2.05) is 6.07 Å². The third-order valence-electron chi connectivity index (χ3n) is 5.04. The molecule has 5 nitrogen and oxygen atoms in total. The largest absolute Gasteiger partial charge is 0.317 e. The van der Waals surface area contributed by atoms with E-state index in [1.165, 1.54) is 10.4 Å². The van der Waals surface area contributed by atoms with Gasteiger partial charge in [0.15, 0.2) is 5.78 Å². The molecule has 0 radical (unpaired) electrons. The lowest BCUT2D eigenvalue weighted by Crippen LogP contribution is -2.41. The summed E-state index contributed by atoms with van der Waals surface area (Å²) in [6, 6.07) is 15.3. The van der Waals surface area contributed by atoms with Crippen LogP contribution >= 0.6 is 0 Å². The quantitative estimate of drug-likeness (QED) is 0.743. The van der Waals surface area contributed by atoms with Crippen LogP contribution in [0.2, 0.25) is 0 Å². The number of rotatable bonds is 7. The number of piperidine rings is 1. The first-order valence-electron chi connectivity index (χ1n) is 9.43. The number of hydrogen-bond donors (Lipinski definition) is 1. The van der Waals surface area contributed by atoms with Crippen LogP contribution in [-0.2, 0) is 10.0 Å². The van der Waals surface area contributed by atoms with Gasteiger partial charge in [-0.15, -0.1) is 0 Å². The Kier molecular flexibility index (Phi) is 6.42. The molecule has 0 saturated carbocycles. The number of ketones is 1. The van der Waals surface area contributed by atoms with Crippen LogP contribution in [0, 0.1) is 5.92 Å². The van der Waals surface area contributed by atoms with Crippen LogP contribution in [0.1, 0.15) is 35.7 Å². The highest BCUT2D eigenvalue weighted by atomic mass is 32.2. The monoisotopic (exact) mass is 386 g/mol. The summed E-state index contributed by atoms with van der Waals surface area (Å²) in [4.78, 5) is 13.0. The van der Waals surface area contributed by atoms with E-state index in [0.29, 0.717) is 24.6 Å². The van der Waals surface area contributed by atoms with E-state index < -0.39 is 10.0 Å². The van der Waals surface area contributed by atoms with Gasteiger partial charge in [0, 0.05) is 24.2 Å². The van der Waals surface area contributed by atoms with Crippen molar-refractivity contribution >= 4 is 15.8 Å². The molecule has 27 heavy (non-hydrogen) atoms. The topological polar surface area (TPSA) is 66.5 Å². The predicted molar refractivity (Wildman–Crippen MR) is 106 cm³/mol. The molecule has 3 rings (SSSR count). The second-order valence-electron chi connectivity index (χ2n) is 6.85. The van der Waals surface area contributed by atoms with Gasteiger partial charge in [0.1, 0.15) is 0 Å². The third kappa shape index (κ3) is 4.46. The van der Waals surface area contributed by atoms with Crippen LogP contribution in [0.15, 0.2) is 59.5 Å². The highest BCUT2D eigenvalue weighted by Crippen LogP contribution is 2.27. The molecule has 0 bridgehead atoms. The minimum Gasteiger partial charge on any atom is -0.317 e. The van der Waals surface area contributed by atoms with Crippen molar-refractivity contribution < 1.29 is 13.2 Å². The van der Waals surface area contributed by atoms with Gasteiger partial charge in [-0.25, -0.2) is 8.42 Å². The lowest BCUT2D eigenvalue weighted by molar-refractivity contribution is 0.103. The summed E-state index contributed by atoms with van der Waals surface area (Å²) in [7, 11) is -3.70. The summed E-state index contributed by atoms with van der Waals surface area (Å²) in [5, 5.41) is 3.33. The smallest absolute Gasteiger partial charge is 0.243 e. The zero-order chi connectivity index (χ0) is 19.3. The van der Waals surface area contributed by atoms with Gasteiger partial charge in [-0.3, -0.25) is 4.79 Å². The molecular weight excluding hydrogens is 360 g/mol. The van der Waals surface area contributed by atoms with Gasteiger partial charge in [-0.05, 0) is 44.0 Å². The van der Waals surface area contributed by atoms with E-state index in [1.54, 1.807) is 42.5 Å². The van der Waals surface area contributed by atoms with Crippen molar-refractivity contribution in [2.24, 2.45) is 5.92 Å². The van der Waals surface area contributed by atoms with Crippen LogP contribution < -0.4 is 5.32 Å². The third-order valence-corrected chi connectivity index (χ3v) is 7.00. The zero-order valence-corrected chi connectivity index (χ0v) is 16.4. The maximum Gasteiger partial charge on any atom is 0.243 e. The lowest BCUT2D eigenvalue weighted by Gasteiger charge is -2.31. The first kappa shape index (κ1) is 19.7. The Morgan fingerprint density at radius 3 is 2.33 bits per heavy atom. The average Bonchev–Trinajstić information content (AvgIpc) is 2.72. The molecule has 2 aromatic rings. The Morgan fingerprint density at radius 1 is 1.04 bits per heavy atom. The maximum atomic E-state index is 13.2. The molecule has 144 valence electrons. The van der Waals surface area contributed by atoms with Gasteiger partial charge in [0.2, 0.25) is 10.0 Å². The van der Waals surface area contributed by atoms with Crippen molar-refractivity contribution in [3.05, 3.63) is 65.7 Å². The van der Waals surface area contributed by atoms with E-state index in [9.17, 15) is 13.2 Å². The van der Waals surface area contributed by atoms with E-state index in [4.69, 9.17) is 0 Å². The minimum absolute atomic E-state index is 0.101. The van der Waals surface area contributed by atoms with Crippen molar-refractivity contribution in [2.45, 2.75) is 24.7 Å². The fourth-order valence-corrected chi connectivity index (χ4v) is 5.12. The lowest BCUT2D eigenvalue weighted by atomic mass is 9.98. The molecule has 0 aliphatic carbocycles. The summed E-state index contributed by atoms with van der Waals surface area (Å²) in [5.74, 6) is 0.231. The summed E-state index contributed by atoms with van der Waals surface area (Å²) >= 11 is 0. The first-order chi connectivity index (χ1) is 13.0. The van der Waals surface area contributed by atoms with Crippen LogP contribution in [0.4, 0.5) is 0 Å². The van der Waals surface area contributed by atoms with Crippen molar-refractivity contribution in [1.82, 2.24) is 9.62 Å². The molecule has 1 aliphatic rings. The fourth-order valence-electron chi connectivity index (χ4n) is 3.47. The van der Waals surface area contributed by atoms with E-state index in [2.05, 4.69) is 12.2 Å². The van der Waals surface area contributed by atoms with Gasteiger partial charge in [0.25, 0.3) is 0 Å². The maximum absolute atomic E-state index is 13.2. The van der Waals surface area contributed by atoms with Crippen molar-refractivity contribution in [2.75, 3.05) is 26.2 Å². The minimum atomic E-state index is -3.70. The second kappa shape index (κ2) is 8.78. The number of nitrogens with zero attached hydrogens (tertiary/aromatic N) is 1. The molecule has 0 aromatic heterocycles. The molecule has 6 heteroatoms. The SMILES string of the molecule is CCNCC1CCN(S(=O)(=O)c2ccccc2C(=O)c2ccccc2)CC1. The summed E-state index contributed by atoms with van der Waals surface area (Å²) in [5.41, 5.74) is 0.725. The molecule has 0 amide bonds. The molecule has 0 atom stereocenters. The van der Waals surface area contributed by atoms with Crippen LogP contribution in [0.5, 0.6) is 0 Å². The standard InChI is InChI=1S/C21H26N2O3S/c1-2-22-16-17-12-14-23(15-13-17)27(25,26)20-11-7-6-10-19(20)21(24)18-8-4-3-5-9-18/h3-11,17,22H,2,12-16H2,1H3. The molecule has 0 unspecified atom stereocenters. The van der Waals surface area contributed by atoms with E-state index >= 15 is 0 Å². The summed E-state index contributed by atoms with van der Waals surface area (Å²) in [6.45, 7) is 4.90. The van der Waals surface area contributed by atoms with Crippen LogP contribution in [0.25, 0.3) is 0 Å². The van der Waals surface area contributed by atoms with Gasteiger partial charge in [0.05, 0.1) is 4.90 Å². The Bertz CT molecular complexity index is 873. The van der Waals surface area contributed by atoms with Crippen molar-refractivity contribution in [1.29, 1.82) is 0 Å². The van der Waals surface area contributed by atoms with Crippen LogP contribution in [-0.4, -0.2) is 44.7 Å². The molecule has 1 fully saturated rings. The van der Waals surface area contributed by atoms with Gasteiger partial charge >= 0.3 is 0 Å². The number of hydrogen-bond acceptors (Lipinski definition) is 4. The number of carbonyl (C=O) groups is 1. The Labute approximate surface area is 161 Å². The number of benzene rings is 2. The molecule has 0 spiro atoms. The summed E-state index contributed by atoms with van der Waals surface area (Å²) < 4.78 is 28.0. The van der Waals surface area contributed by atoms with Crippen molar-refractivity contribution in [3.8, 4) is 0 Å². The molecule has 2 aromatic carbocycles. The molecule has 1 N–H and O–H groups in total. The highest BCUT2D eigenvalue weighted by Gasteiger charge is 2.32. The van der Waals surface area contributed by atoms with Gasteiger partial charge in [-0.2, -0.15) is 4.31 Å². The Hall–Kier alpha value is -2.02. The molecule has 1 aliphatic heterocycles. The van der Waals surface area contributed by atoms with Crippen molar-refractivity contribution in [3.63, 3.8) is 0 Å². The van der Waals surface area contributed by atoms with Gasteiger partial charge in [-0.1, -0.05) is 49.4 Å². The molecule has 1 heterocycles. The predicted octanol–water partition coefficient (Wildman–Crippen LogP) is 2.93. The zero-order valence-electron chi connectivity index (χ0n) is 15.6. The van der Waals surface area contributed by atoms with E-state index in [-0.39, 0.29) is 16.2 Å². The molecular formula is C21H26N2O3S. The first-order valence-corrected chi connectivity index (χ1v) is 10.9. The normalized spacial score (nSPS) is 16.3. The number of sulfonamides is 1. The average molecular weight is 387 g/mol. The summed E-state index contributed by atoms with van der Waals surface area (Å²) in [6.07, 6.45) is 1.67. The Balaban J connectivity index is 1.83. The van der Waals surface area contributed by atoms with Gasteiger partial charge < -0.3 is 5.32 Å².